The van der Waals surface area contributed by atoms with Gasteiger partial charge in [-0.05, 0) is 49.1 Å². The van der Waals surface area contributed by atoms with Crippen LogP contribution in [0, 0.1) is 0 Å². The zero-order valence-corrected chi connectivity index (χ0v) is 13.2. The van der Waals surface area contributed by atoms with E-state index in [0.717, 1.165) is 18.7 Å². The van der Waals surface area contributed by atoms with E-state index in [1.807, 2.05) is 0 Å². The van der Waals surface area contributed by atoms with Crippen molar-refractivity contribution >= 4 is 0 Å². The molecular formula is C17H27NO3. The molecular weight excluding hydrogens is 266 g/mol. The van der Waals surface area contributed by atoms with E-state index in [1.54, 1.807) is 7.11 Å². The molecule has 0 heterocycles. The second-order valence-corrected chi connectivity index (χ2v) is 5.36. The number of fused-ring (bicyclic) bond motifs is 1. The van der Waals surface area contributed by atoms with Crippen LogP contribution >= 0.6 is 0 Å². The normalized spacial score (nSPS) is 17.0. The Labute approximate surface area is 127 Å². The number of ether oxygens (including phenoxy) is 3. The number of benzene rings is 1. The van der Waals surface area contributed by atoms with Crippen molar-refractivity contribution in [3.05, 3.63) is 29.3 Å². The van der Waals surface area contributed by atoms with Gasteiger partial charge in [0.2, 0.25) is 0 Å². The number of rotatable bonds is 10. The lowest BCUT2D eigenvalue weighted by Crippen LogP contribution is -2.19. The van der Waals surface area contributed by atoms with Crippen LogP contribution in [0.5, 0.6) is 5.75 Å². The molecule has 1 aliphatic rings. The molecule has 0 radical (unpaired) electrons. The first kappa shape index (κ1) is 16.3. The molecule has 2 rings (SSSR count). The van der Waals surface area contributed by atoms with E-state index in [1.165, 1.54) is 24.0 Å². The van der Waals surface area contributed by atoms with E-state index in [4.69, 9.17) is 14.2 Å². The molecule has 1 aromatic rings. The van der Waals surface area contributed by atoms with Gasteiger partial charge in [-0.2, -0.15) is 0 Å². The number of methoxy groups -OCH3 is 1. The number of hydrogen-bond donors (Lipinski definition) is 1. The van der Waals surface area contributed by atoms with Gasteiger partial charge in [-0.1, -0.05) is 13.0 Å². The van der Waals surface area contributed by atoms with Gasteiger partial charge in [0.15, 0.2) is 0 Å². The third-order valence-electron chi connectivity index (χ3n) is 3.76. The van der Waals surface area contributed by atoms with Gasteiger partial charge in [-0.3, -0.25) is 0 Å². The average molecular weight is 293 g/mol. The largest absolute Gasteiger partial charge is 0.491 e. The van der Waals surface area contributed by atoms with Crippen LogP contribution < -0.4 is 10.1 Å². The third kappa shape index (κ3) is 4.99. The van der Waals surface area contributed by atoms with Crippen LogP contribution in [0.15, 0.2) is 18.2 Å². The standard InChI is InChI=1S/C17H27NO3/c1-3-8-18-17-7-4-14-13-15(5-6-16(14)17)21-12-11-20-10-9-19-2/h5-6,13,17-18H,3-4,7-12H2,1-2H3. The van der Waals surface area contributed by atoms with Crippen molar-refractivity contribution in [2.45, 2.75) is 32.2 Å². The summed E-state index contributed by atoms with van der Waals surface area (Å²) < 4.78 is 16.1. The highest BCUT2D eigenvalue weighted by molar-refractivity contribution is 5.40. The zero-order valence-electron chi connectivity index (χ0n) is 13.2. The van der Waals surface area contributed by atoms with Crippen LogP contribution in [0.25, 0.3) is 0 Å². The summed E-state index contributed by atoms with van der Waals surface area (Å²) in [7, 11) is 1.67. The van der Waals surface area contributed by atoms with Gasteiger partial charge in [-0.15, -0.1) is 0 Å². The van der Waals surface area contributed by atoms with Crippen molar-refractivity contribution in [2.24, 2.45) is 0 Å². The molecule has 1 aromatic carbocycles. The fourth-order valence-corrected chi connectivity index (χ4v) is 2.68. The minimum Gasteiger partial charge on any atom is -0.491 e. The summed E-state index contributed by atoms with van der Waals surface area (Å²) in [5, 5.41) is 3.61. The van der Waals surface area contributed by atoms with Crippen LogP contribution in [0.2, 0.25) is 0 Å². The Morgan fingerprint density at radius 1 is 1.19 bits per heavy atom. The second-order valence-electron chi connectivity index (χ2n) is 5.36. The highest BCUT2D eigenvalue weighted by atomic mass is 16.5. The van der Waals surface area contributed by atoms with Crippen molar-refractivity contribution in [3.8, 4) is 5.75 Å². The Morgan fingerprint density at radius 3 is 2.86 bits per heavy atom. The lowest BCUT2D eigenvalue weighted by Gasteiger charge is -2.14. The Bertz CT molecular complexity index is 422. The molecule has 1 aliphatic carbocycles. The van der Waals surface area contributed by atoms with Gasteiger partial charge in [0.25, 0.3) is 0 Å². The highest BCUT2D eigenvalue weighted by Crippen LogP contribution is 2.33. The van der Waals surface area contributed by atoms with E-state index < -0.39 is 0 Å². The molecule has 0 aromatic heterocycles. The van der Waals surface area contributed by atoms with Gasteiger partial charge in [0.05, 0.1) is 19.8 Å². The summed E-state index contributed by atoms with van der Waals surface area (Å²) in [4.78, 5) is 0. The van der Waals surface area contributed by atoms with E-state index in [-0.39, 0.29) is 0 Å². The lowest BCUT2D eigenvalue weighted by molar-refractivity contribution is 0.0544. The van der Waals surface area contributed by atoms with E-state index in [2.05, 4.69) is 30.4 Å². The molecule has 0 bridgehead atoms. The fraction of sp³-hybridized carbons (Fsp3) is 0.647. The summed E-state index contributed by atoms with van der Waals surface area (Å²) in [6, 6.07) is 6.97. The minimum absolute atomic E-state index is 0.520. The summed E-state index contributed by atoms with van der Waals surface area (Å²) >= 11 is 0. The fourth-order valence-electron chi connectivity index (χ4n) is 2.68. The Hall–Kier alpha value is -1.10. The highest BCUT2D eigenvalue weighted by Gasteiger charge is 2.21. The first-order chi connectivity index (χ1) is 10.3. The molecule has 4 nitrogen and oxygen atoms in total. The monoisotopic (exact) mass is 293 g/mol. The maximum atomic E-state index is 5.74. The Morgan fingerprint density at radius 2 is 2.05 bits per heavy atom. The Balaban J connectivity index is 1.76. The predicted molar refractivity (Wildman–Crippen MR) is 84.0 cm³/mol. The molecule has 118 valence electrons. The number of aryl methyl sites for hydroxylation is 1. The number of nitrogens with one attached hydrogen (secondary N) is 1. The summed E-state index contributed by atoms with van der Waals surface area (Å²) in [5.41, 5.74) is 2.86. The van der Waals surface area contributed by atoms with Crippen LogP contribution in [0.4, 0.5) is 0 Å². The predicted octanol–water partition coefficient (Wildman–Crippen LogP) is 2.72. The van der Waals surface area contributed by atoms with Crippen LogP contribution in [-0.2, 0) is 15.9 Å². The topological polar surface area (TPSA) is 39.7 Å². The average Bonchev–Trinajstić information content (AvgIpc) is 2.91. The molecule has 0 saturated heterocycles. The minimum atomic E-state index is 0.520. The Kier molecular flexibility index (Phi) is 7.00. The second kappa shape index (κ2) is 9.03. The van der Waals surface area contributed by atoms with Gasteiger partial charge in [0.1, 0.15) is 12.4 Å². The molecule has 0 saturated carbocycles. The molecule has 1 atom stereocenters. The molecule has 21 heavy (non-hydrogen) atoms. The van der Waals surface area contributed by atoms with E-state index in [9.17, 15) is 0 Å². The van der Waals surface area contributed by atoms with Crippen LogP contribution in [0.1, 0.15) is 36.9 Å². The summed E-state index contributed by atoms with van der Waals surface area (Å²) in [6.07, 6.45) is 3.51. The molecule has 0 fully saturated rings. The molecule has 0 amide bonds. The van der Waals surface area contributed by atoms with Crippen molar-refractivity contribution in [1.29, 1.82) is 0 Å². The van der Waals surface area contributed by atoms with Crippen molar-refractivity contribution in [3.63, 3.8) is 0 Å². The lowest BCUT2D eigenvalue weighted by atomic mass is 10.1. The summed E-state index contributed by atoms with van der Waals surface area (Å²) in [6.45, 7) is 5.72. The first-order valence-electron chi connectivity index (χ1n) is 7.90. The van der Waals surface area contributed by atoms with Crippen LogP contribution in [-0.4, -0.2) is 40.1 Å². The first-order valence-corrected chi connectivity index (χ1v) is 7.90. The van der Waals surface area contributed by atoms with Gasteiger partial charge < -0.3 is 19.5 Å². The summed E-state index contributed by atoms with van der Waals surface area (Å²) in [5.74, 6) is 0.945. The van der Waals surface area contributed by atoms with Gasteiger partial charge >= 0.3 is 0 Å². The van der Waals surface area contributed by atoms with Crippen molar-refractivity contribution in [1.82, 2.24) is 5.32 Å². The maximum absolute atomic E-state index is 5.74. The zero-order chi connectivity index (χ0) is 14.9. The SMILES string of the molecule is CCCNC1CCc2cc(OCCOCCOC)ccc21. The van der Waals surface area contributed by atoms with Crippen LogP contribution in [0.3, 0.4) is 0 Å². The maximum Gasteiger partial charge on any atom is 0.119 e. The van der Waals surface area contributed by atoms with Gasteiger partial charge in [0, 0.05) is 13.2 Å². The molecule has 0 spiro atoms. The quantitative estimate of drug-likeness (QED) is 0.673. The third-order valence-corrected chi connectivity index (χ3v) is 3.76. The van der Waals surface area contributed by atoms with E-state index >= 15 is 0 Å². The molecule has 0 aliphatic heterocycles. The van der Waals surface area contributed by atoms with Crippen molar-refractivity contribution in [2.75, 3.05) is 40.1 Å². The van der Waals surface area contributed by atoms with Crippen molar-refractivity contribution < 1.29 is 14.2 Å². The molecule has 4 heteroatoms. The number of hydrogen-bond acceptors (Lipinski definition) is 4. The molecule has 1 N–H and O–H groups in total. The van der Waals surface area contributed by atoms with Gasteiger partial charge in [-0.25, -0.2) is 0 Å². The smallest absolute Gasteiger partial charge is 0.119 e. The molecule has 1 unspecified atom stereocenters. The van der Waals surface area contributed by atoms with E-state index in [0.29, 0.717) is 32.5 Å².